The SMILES string of the molecule is CC1([C@H]2CCN(C=NC3CCN(C(=O)/C=C/c4ccc(Cl)c(Cl)c4)CC3)CC2I)CNc2ccccc21. The number of benzene rings is 2. The number of fused-ring (bicyclic) bond motifs is 1. The number of rotatable bonds is 5. The van der Waals surface area contributed by atoms with E-state index in [2.05, 4.69) is 70.3 Å². The Morgan fingerprint density at radius 1 is 1.11 bits per heavy atom. The van der Waals surface area contributed by atoms with Crippen LogP contribution in [0.1, 0.15) is 37.3 Å². The fourth-order valence-electron chi connectivity index (χ4n) is 5.90. The zero-order chi connectivity index (χ0) is 26.0. The maximum Gasteiger partial charge on any atom is 0.246 e. The van der Waals surface area contributed by atoms with Gasteiger partial charge in [0.25, 0.3) is 0 Å². The standard InChI is InChI=1S/C29H33Cl2IN4O/c1-29(18-33-27-5-3-2-4-23(27)29)22-12-13-35(17-26(22)32)19-34-21-10-14-36(15-11-21)28(37)9-7-20-6-8-24(30)25(31)16-20/h2-9,16,19,21-22,26,33H,10-15,17-18H2,1H3/b9-7+,34-19?/t22-,26?,29?/m0/s1. The number of nitrogens with one attached hydrogen (secondary N) is 1. The van der Waals surface area contributed by atoms with Crippen molar-refractivity contribution in [2.45, 2.75) is 41.6 Å². The number of carbonyl (C=O) groups is 1. The molecule has 2 saturated heterocycles. The smallest absolute Gasteiger partial charge is 0.246 e. The van der Waals surface area contributed by atoms with Gasteiger partial charge in [-0.05, 0) is 60.6 Å². The normalized spacial score (nSPS) is 26.6. The van der Waals surface area contributed by atoms with E-state index in [0.29, 0.717) is 19.9 Å². The summed E-state index contributed by atoms with van der Waals surface area (Å²) in [7, 11) is 0. The molecule has 2 aromatic carbocycles. The first-order valence-corrected chi connectivity index (χ1v) is 15.0. The van der Waals surface area contributed by atoms with Crippen LogP contribution in [0.25, 0.3) is 6.08 Å². The molecule has 3 aliphatic rings. The number of likely N-dealkylation sites (tertiary alicyclic amines) is 2. The molecule has 1 N–H and O–H groups in total. The van der Waals surface area contributed by atoms with Crippen molar-refractivity contribution in [1.29, 1.82) is 0 Å². The van der Waals surface area contributed by atoms with Crippen molar-refractivity contribution in [2.24, 2.45) is 10.9 Å². The number of carbonyl (C=O) groups excluding carboxylic acids is 1. The molecule has 0 aliphatic carbocycles. The van der Waals surface area contributed by atoms with Crippen LogP contribution in [-0.2, 0) is 10.2 Å². The largest absolute Gasteiger partial charge is 0.384 e. The van der Waals surface area contributed by atoms with Crippen LogP contribution in [0.15, 0.2) is 53.5 Å². The molecule has 0 bridgehead atoms. The third-order valence-electron chi connectivity index (χ3n) is 8.16. The van der Waals surface area contributed by atoms with Crippen LogP contribution >= 0.6 is 45.8 Å². The van der Waals surface area contributed by atoms with E-state index in [1.807, 2.05) is 11.0 Å². The predicted octanol–water partition coefficient (Wildman–Crippen LogP) is 6.53. The maximum absolute atomic E-state index is 12.6. The molecule has 2 aromatic rings. The number of halogens is 3. The molecule has 1 amide bonds. The van der Waals surface area contributed by atoms with Crippen LogP contribution in [0.5, 0.6) is 0 Å². The average Bonchev–Trinajstić information content (AvgIpc) is 3.25. The molecule has 3 atom stereocenters. The Morgan fingerprint density at radius 3 is 2.65 bits per heavy atom. The Morgan fingerprint density at radius 2 is 1.89 bits per heavy atom. The summed E-state index contributed by atoms with van der Waals surface area (Å²) in [5.41, 5.74) is 3.81. The first-order valence-electron chi connectivity index (χ1n) is 13.0. The van der Waals surface area contributed by atoms with Gasteiger partial charge in [0.2, 0.25) is 5.91 Å². The molecule has 2 fully saturated rings. The number of hydrogen-bond acceptors (Lipinski definition) is 3. The fraction of sp³-hybridized carbons (Fsp3) is 0.448. The number of piperidine rings is 2. The van der Waals surface area contributed by atoms with Crippen molar-refractivity contribution in [1.82, 2.24) is 9.80 Å². The summed E-state index contributed by atoms with van der Waals surface area (Å²) in [4.78, 5) is 21.9. The maximum atomic E-state index is 12.6. The van der Waals surface area contributed by atoms with Crippen molar-refractivity contribution in [3.8, 4) is 0 Å². The second kappa shape index (κ2) is 11.5. The molecule has 0 spiro atoms. The van der Waals surface area contributed by atoms with Gasteiger partial charge in [-0.2, -0.15) is 0 Å². The van der Waals surface area contributed by atoms with Crippen LogP contribution in [-0.4, -0.2) is 64.7 Å². The highest BCUT2D eigenvalue weighted by molar-refractivity contribution is 14.1. The summed E-state index contributed by atoms with van der Waals surface area (Å²) in [6.07, 6.45) is 8.45. The van der Waals surface area contributed by atoms with E-state index in [-0.39, 0.29) is 17.4 Å². The quantitative estimate of drug-likeness (QED) is 0.132. The van der Waals surface area contributed by atoms with E-state index < -0.39 is 0 Å². The number of anilines is 1. The minimum Gasteiger partial charge on any atom is -0.384 e. The highest BCUT2D eigenvalue weighted by Gasteiger charge is 2.45. The second-order valence-corrected chi connectivity index (χ2v) is 13.0. The van der Waals surface area contributed by atoms with Crippen molar-refractivity contribution in [2.75, 3.05) is 38.0 Å². The van der Waals surface area contributed by atoms with E-state index in [1.54, 1.807) is 24.3 Å². The Balaban J connectivity index is 1.10. The van der Waals surface area contributed by atoms with Crippen LogP contribution in [0.3, 0.4) is 0 Å². The van der Waals surface area contributed by atoms with Crippen molar-refractivity contribution in [3.63, 3.8) is 0 Å². The van der Waals surface area contributed by atoms with E-state index in [9.17, 15) is 4.79 Å². The summed E-state index contributed by atoms with van der Waals surface area (Å²) in [5, 5.41) is 4.63. The van der Waals surface area contributed by atoms with Gasteiger partial charge in [0.05, 0.1) is 22.4 Å². The third kappa shape index (κ3) is 5.96. The third-order valence-corrected chi connectivity index (χ3v) is 10.2. The Hall–Kier alpha value is -1.77. The number of alkyl halides is 1. The van der Waals surface area contributed by atoms with Gasteiger partial charge in [0, 0.05) is 53.8 Å². The van der Waals surface area contributed by atoms with Gasteiger partial charge in [-0.25, -0.2) is 0 Å². The molecule has 0 radical (unpaired) electrons. The van der Waals surface area contributed by atoms with Crippen molar-refractivity contribution in [3.05, 3.63) is 69.7 Å². The van der Waals surface area contributed by atoms with Crippen molar-refractivity contribution >= 4 is 69.8 Å². The molecule has 0 aromatic heterocycles. The minimum absolute atomic E-state index is 0.0276. The zero-order valence-electron chi connectivity index (χ0n) is 21.0. The Labute approximate surface area is 243 Å². The lowest BCUT2D eigenvalue weighted by Crippen LogP contribution is -2.49. The van der Waals surface area contributed by atoms with Gasteiger partial charge in [-0.3, -0.25) is 9.79 Å². The Kier molecular flexibility index (Phi) is 8.37. The summed E-state index contributed by atoms with van der Waals surface area (Å²) in [6.45, 7) is 6.99. The molecular weight excluding hydrogens is 618 g/mol. The lowest BCUT2D eigenvalue weighted by atomic mass is 9.69. The number of hydrogen-bond donors (Lipinski definition) is 1. The molecule has 3 heterocycles. The summed E-state index contributed by atoms with van der Waals surface area (Å²) in [5.74, 6) is 0.667. The number of para-hydroxylation sites is 1. The van der Waals surface area contributed by atoms with Gasteiger partial charge in [0.1, 0.15) is 0 Å². The van der Waals surface area contributed by atoms with Gasteiger partial charge in [-0.1, -0.05) is 77.0 Å². The zero-order valence-corrected chi connectivity index (χ0v) is 24.7. The monoisotopic (exact) mass is 650 g/mol. The van der Waals surface area contributed by atoms with E-state index in [0.717, 1.165) is 51.1 Å². The van der Waals surface area contributed by atoms with Crippen LogP contribution in [0.2, 0.25) is 10.0 Å². The van der Waals surface area contributed by atoms with Crippen LogP contribution in [0, 0.1) is 5.92 Å². The Bertz CT molecular complexity index is 1200. The molecule has 3 aliphatic heterocycles. The summed E-state index contributed by atoms with van der Waals surface area (Å²) < 4.78 is 0.567. The average molecular weight is 651 g/mol. The predicted molar refractivity (Wildman–Crippen MR) is 163 cm³/mol. The molecule has 2 unspecified atom stereocenters. The van der Waals surface area contributed by atoms with Crippen molar-refractivity contribution < 1.29 is 4.79 Å². The summed E-state index contributed by atoms with van der Waals surface area (Å²) >= 11 is 14.7. The molecule has 37 heavy (non-hydrogen) atoms. The number of aliphatic imine (C=N–C) groups is 1. The molecule has 5 rings (SSSR count). The number of amides is 1. The minimum atomic E-state index is 0.0276. The first-order chi connectivity index (χ1) is 17.8. The number of nitrogens with zero attached hydrogens (tertiary/aromatic N) is 3. The lowest BCUT2D eigenvalue weighted by Gasteiger charge is -2.43. The van der Waals surface area contributed by atoms with Crippen LogP contribution in [0.4, 0.5) is 5.69 Å². The first kappa shape index (κ1) is 26.8. The van der Waals surface area contributed by atoms with Gasteiger partial charge < -0.3 is 15.1 Å². The molecule has 0 saturated carbocycles. The molecule has 5 nitrogen and oxygen atoms in total. The van der Waals surface area contributed by atoms with Gasteiger partial charge in [-0.15, -0.1) is 0 Å². The second-order valence-electron chi connectivity index (χ2n) is 10.6. The molecular formula is C29H33Cl2IN4O. The van der Waals surface area contributed by atoms with Gasteiger partial charge in [0.15, 0.2) is 0 Å². The van der Waals surface area contributed by atoms with E-state index in [1.165, 1.54) is 17.7 Å². The topological polar surface area (TPSA) is 47.9 Å². The highest BCUT2D eigenvalue weighted by atomic mass is 127. The lowest BCUT2D eigenvalue weighted by molar-refractivity contribution is -0.126. The van der Waals surface area contributed by atoms with Crippen LogP contribution < -0.4 is 5.32 Å². The highest BCUT2D eigenvalue weighted by Crippen LogP contribution is 2.47. The van der Waals surface area contributed by atoms with Gasteiger partial charge >= 0.3 is 0 Å². The summed E-state index contributed by atoms with van der Waals surface area (Å²) in [6, 6.07) is 14.4. The fourth-order valence-corrected chi connectivity index (χ4v) is 7.87. The van der Waals surface area contributed by atoms with E-state index >= 15 is 0 Å². The molecule has 196 valence electrons. The molecule has 8 heteroatoms. The van der Waals surface area contributed by atoms with E-state index in [4.69, 9.17) is 28.2 Å².